The number of nitrogens with one attached hydrogen (secondary N) is 1. The first-order valence-electron chi connectivity index (χ1n) is 6.91. The van der Waals surface area contributed by atoms with E-state index in [1.807, 2.05) is 19.2 Å². The Morgan fingerprint density at radius 2 is 2.16 bits per heavy atom. The van der Waals surface area contributed by atoms with Crippen LogP contribution in [0.2, 0.25) is 0 Å². The maximum absolute atomic E-state index is 12.9. The zero-order valence-electron chi connectivity index (χ0n) is 11.7. The van der Waals surface area contributed by atoms with Crippen LogP contribution in [0.25, 0.3) is 0 Å². The Morgan fingerprint density at radius 1 is 1.42 bits per heavy atom. The Morgan fingerprint density at radius 3 is 2.74 bits per heavy atom. The molecule has 1 N–H and O–H groups in total. The first-order chi connectivity index (χ1) is 9.20. The average molecular weight is 266 g/mol. The molecule has 0 saturated carbocycles. The minimum absolute atomic E-state index is 0.182. The van der Waals surface area contributed by atoms with E-state index in [0.717, 1.165) is 38.2 Å². The van der Waals surface area contributed by atoms with Gasteiger partial charge in [-0.2, -0.15) is 0 Å². The highest BCUT2D eigenvalue weighted by Gasteiger charge is 2.21. The highest BCUT2D eigenvalue weighted by Crippen LogP contribution is 2.19. The van der Waals surface area contributed by atoms with Crippen molar-refractivity contribution in [1.29, 1.82) is 0 Å². The summed E-state index contributed by atoms with van der Waals surface area (Å²) in [5.41, 5.74) is 1.14. The van der Waals surface area contributed by atoms with Gasteiger partial charge in [-0.1, -0.05) is 12.1 Å². The number of benzene rings is 1. The molecule has 2 unspecified atom stereocenters. The molecule has 2 atom stereocenters. The molecule has 1 saturated heterocycles. The number of rotatable bonds is 6. The molecule has 0 radical (unpaired) electrons. The van der Waals surface area contributed by atoms with Gasteiger partial charge in [0.1, 0.15) is 5.82 Å². The molecule has 1 aliphatic heterocycles. The molecular formula is C15H23FN2O. The summed E-state index contributed by atoms with van der Waals surface area (Å²) in [6.45, 7) is 2.73. The van der Waals surface area contributed by atoms with E-state index in [2.05, 4.69) is 17.3 Å². The predicted octanol–water partition coefficient (Wildman–Crippen LogP) is 2.20. The van der Waals surface area contributed by atoms with Crippen molar-refractivity contribution in [3.63, 3.8) is 0 Å². The molecule has 0 aromatic heterocycles. The second-order valence-corrected chi connectivity index (χ2v) is 5.18. The standard InChI is InChI=1S/C15H23FN2O/c1-17-15(12-3-5-13(16)6-4-12)7-9-18(2)14-8-10-19-11-14/h3-6,14-15,17H,7-11H2,1-2H3. The van der Waals surface area contributed by atoms with Crippen molar-refractivity contribution >= 4 is 0 Å². The number of ether oxygens (including phenoxy) is 1. The molecule has 0 spiro atoms. The lowest BCUT2D eigenvalue weighted by Crippen LogP contribution is -2.34. The third-order valence-corrected chi connectivity index (χ3v) is 3.92. The summed E-state index contributed by atoms with van der Waals surface area (Å²) < 4.78 is 18.3. The van der Waals surface area contributed by atoms with Crippen molar-refractivity contribution in [1.82, 2.24) is 10.2 Å². The third-order valence-electron chi connectivity index (χ3n) is 3.92. The Bertz CT molecular complexity index is 376. The highest BCUT2D eigenvalue weighted by molar-refractivity contribution is 5.19. The molecule has 1 aliphatic rings. The van der Waals surface area contributed by atoms with Crippen molar-refractivity contribution in [3.8, 4) is 0 Å². The fourth-order valence-corrected chi connectivity index (χ4v) is 2.56. The summed E-state index contributed by atoms with van der Waals surface area (Å²) >= 11 is 0. The number of likely N-dealkylation sites (N-methyl/N-ethyl adjacent to an activating group) is 1. The minimum Gasteiger partial charge on any atom is -0.380 e. The molecule has 1 aromatic carbocycles. The molecule has 1 fully saturated rings. The summed E-state index contributed by atoms with van der Waals surface area (Å²) in [5.74, 6) is -0.182. The van der Waals surface area contributed by atoms with E-state index in [1.165, 1.54) is 12.1 Å². The Hall–Kier alpha value is -0.970. The van der Waals surface area contributed by atoms with Crippen LogP contribution in [0.5, 0.6) is 0 Å². The molecule has 0 amide bonds. The van der Waals surface area contributed by atoms with Crippen LogP contribution < -0.4 is 5.32 Å². The van der Waals surface area contributed by atoms with Gasteiger partial charge in [0.05, 0.1) is 6.61 Å². The van der Waals surface area contributed by atoms with E-state index in [9.17, 15) is 4.39 Å². The van der Waals surface area contributed by atoms with Crippen LogP contribution in [-0.4, -0.2) is 44.8 Å². The lowest BCUT2D eigenvalue weighted by molar-refractivity contribution is 0.157. The second kappa shape index (κ2) is 6.98. The molecule has 1 aromatic rings. The Kier molecular flexibility index (Phi) is 5.31. The van der Waals surface area contributed by atoms with E-state index in [-0.39, 0.29) is 11.9 Å². The molecule has 0 bridgehead atoms. The number of hydrogen-bond acceptors (Lipinski definition) is 3. The monoisotopic (exact) mass is 266 g/mol. The van der Waals surface area contributed by atoms with Crippen LogP contribution in [0.15, 0.2) is 24.3 Å². The van der Waals surface area contributed by atoms with Gasteiger partial charge < -0.3 is 15.0 Å². The van der Waals surface area contributed by atoms with Gasteiger partial charge in [-0.15, -0.1) is 0 Å². The van der Waals surface area contributed by atoms with Gasteiger partial charge in [0, 0.05) is 25.2 Å². The van der Waals surface area contributed by atoms with Gasteiger partial charge >= 0.3 is 0 Å². The number of halogens is 1. The minimum atomic E-state index is -0.182. The Balaban J connectivity index is 1.86. The third kappa shape index (κ3) is 4.00. The molecule has 1 heterocycles. The molecule has 0 aliphatic carbocycles. The zero-order chi connectivity index (χ0) is 13.7. The van der Waals surface area contributed by atoms with E-state index in [4.69, 9.17) is 4.74 Å². The summed E-state index contributed by atoms with van der Waals surface area (Å²) in [7, 11) is 4.10. The average Bonchev–Trinajstić information content (AvgIpc) is 2.95. The molecule has 106 valence electrons. The fraction of sp³-hybridized carbons (Fsp3) is 0.600. The van der Waals surface area contributed by atoms with E-state index in [0.29, 0.717) is 6.04 Å². The number of nitrogens with zero attached hydrogens (tertiary/aromatic N) is 1. The van der Waals surface area contributed by atoms with Crippen LogP contribution >= 0.6 is 0 Å². The van der Waals surface area contributed by atoms with Crippen LogP contribution in [0, 0.1) is 5.82 Å². The van der Waals surface area contributed by atoms with Crippen LogP contribution in [0.3, 0.4) is 0 Å². The lowest BCUT2D eigenvalue weighted by atomic mass is 10.0. The summed E-state index contributed by atoms with van der Waals surface area (Å²) in [4.78, 5) is 2.36. The SMILES string of the molecule is CNC(CCN(C)C1CCOC1)c1ccc(F)cc1. The quantitative estimate of drug-likeness (QED) is 0.854. The normalized spacial score (nSPS) is 20.9. The van der Waals surface area contributed by atoms with Crippen LogP contribution in [-0.2, 0) is 4.74 Å². The van der Waals surface area contributed by atoms with Gasteiger partial charge in [-0.3, -0.25) is 0 Å². The molecule has 19 heavy (non-hydrogen) atoms. The molecule has 3 nitrogen and oxygen atoms in total. The van der Waals surface area contributed by atoms with Crippen molar-refractivity contribution in [3.05, 3.63) is 35.6 Å². The van der Waals surface area contributed by atoms with Gasteiger partial charge in [0.2, 0.25) is 0 Å². The maximum atomic E-state index is 12.9. The molecule has 2 rings (SSSR count). The topological polar surface area (TPSA) is 24.5 Å². The van der Waals surface area contributed by atoms with Gasteiger partial charge in [-0.25, -0.2) is 4.39 Å². The van der Waals surface area contributed by atoms with E-state index < -0.39 is 0 Å². The predicted molar refractivity (Wildman–Crippen MR) is 74.7 cm³/mol. The van der Waals surface area contributed by atoms with Gasteiger partial charge in [0.25, 0.3) is 0 Å². The maximum Gasteiger partial charge on any atom is 0.123 e. The number of hydrogen-bond donors (Lipinski definition) is 1. The highest BCUT2D eigenvalue weighted by atomic mass is 19.1. The summed E-state index contributed by atoms with van der Waals surface area (Å²) in [6, 6.07) is 7.57. The first kappa shape index (κ1) is 14.4. The van der Waals surface area contributed by atoms with Crippen molar-refractivity contribution in [2.45, 2.75) is 24.9 Å². The van der Waals surface area contributed by atoms with Gasteiger partial charge in [0.15, 0.2) is 0 Å². The Labute approximate surface area is 114 Å². The zero-order valence-corrected chi connectivity index (χ0v) is 11.7. The van der Waals surface area contributed by atoms with Crippen LogP contribution in [0.1, 0.15) is 24.4 Å². The van der Waals surface area contributed by atoms with E-state index in [1.54, 1.807) is 0 Å². The van der Waals surface area contributed by atoms with Crippen molar-refractivity contribution in [2.75, 3.05) is 33.9 Å². The van der Waals surface area contributed by atoms with Crippen molar-refractivity contribution < 1.29 is 9.13 Å². The van der Waals surface area contributed by atoms with Crippen LogP contribution in [0.4, 0.5) is 4.39 Å². The summed E-state index contributed by atoms with van der Waals surface area (Å²) in [5, 5.41) is 3.30. The largest absolute Gasteiger partial charge is 0.380 e. The van der Waals surface area contributed by atoms with Crippen molar-refractivity contribution in [2.24, 2.45) is 0 Å². The molecule has 4 heteroatoms. The van der Waals surface area contributed by atoms with Gasteiger partial charge in [-0.05, 0) is 44.6 Å². The lowest BCUT2D eigenvalue weighted by Gasteiger charge is -2.25. The summed E-state index contributed by atoms with van der Waals surface area (Å²) in [6.07, 6.45) is 2.13. The fourth-order valence-electron chi connectivity index (χ4n) is 2.56. The molecular weight excluding hydrogens is 243 g/mol. The first-order valence-corrected chi connectivity index (χ1v) is 6.91. The van der Waals surface area contributed by atoms with E-state index >= 15 is 0 Å². The smallest absolute Gasteiger partial charge is 0.123 e. The second-order valence-electron chi connectivity index (χ2n) is 5.18.